The van der Waals surface area contributed by atoms with Crippen LogP contribution >= 0.6 is 0 Å². The fraction of sp³-hybridized carbons (Fsp3) is 0.444. The van der Waals surface area contributed by atoms with Crippen molar-refractivity contribution in [3.8, 4) is 0 Å². The van der Waals surface area contributed by atoms with Gasteiger partial charge in [-0.3, -0.25) is 0 Å². The highest BCUT2D eigenvalue weighted by molar-refractivity contribution is 7.84. The first-order valence-corrected chi connectivity index (χ1v) is 8.71. The van der Waals surface area contributed by atoms with Gasteiger partial charge >= 0.3 is 0 Å². The van der Waals surface area contributed by atoms with Gasteiger partial charge in [0.25, 0.3) is 0 Å². The van der Waals surface area contributed by atoms with E-state index in [1.54, 1.807) is 0 Å². The highest BCUT2D eigenvalue weighted by atomic mass is 32.2. The first-order chi connectivity index (χ1) is 10.4. The summed E-state index contributed by atoms with van der Waals surface area (Å²) in [4.78, 5) is 0. The van der Waals surface area contributed by atoms with Crippen molar-refractivity contribution in [2.24, 2.45) is 0 Å². The molecule has 3 nitrogen and oxygen atoms in total. The lowest BCUT2D eigenvalue weighted by atomic mass is 9.94. The van der Waals surface area contributed by atoms with E-state index in [4.69, 9.17) is 0 Å². The molecule has 0 fully saturated rings. The Kier molecular flexibility index (Phi) is 5.37. The summed E-state index contributed by atoms with van der Waals surface area (Å²) < 4.78 is 14.4. The molecule has 1 heterocycles. The Hall–Kier alpha value is -1.23. The molecular formula is C18H25NO2S. The number of benzene rings is 1. The standard InChI is InChI=1S/C18H25NO2S/c1-14(15-8-6-5-7-9-15)16-10-12-19(17(16)11-13-20)22(21)18(2,3)4/h5-10,17,20H,1,11-13H2,2-4H3/t17-,22?/m0/s1. The summed E-state index contributed by atoms with van der Waals surface area (Å²) in [5.74, 6) is 0. The van der Waals surface area contributed by atoms with Gasteiger partial charge in [-0.1, -0.05) is 43.0 Å². The molecule has 0 aliphatic carbocycles. The minimum atomic E-state index is -1.11. The second-order valence-electron chi connectivity index (χ2n) is 6.49. The van der Waals surface area contributed by atoms with Crippen LogP contribution in [-0.4, -0.2) is 37.6 Å². The molecule has 0 bridgehead atoms. The van der Waals surface area contributed by atoms with E-state index in [2.05, 4.69) is 12.7 Å². The highest BCUT2D eigenvalue weighted by Gasteiger charge is 2.36. The molecule has 0 saturated carbocycles. The first-order valence-electron chi connectivity index (χ1n) is 7.60. The second kappa shape index (κ2) is 6.90. The second-order valence-corrected chi connectivity index (χ2v) is 8.69. The molecular weight excluding hydrogens is 294 g/mol. The third-order valence-electron chi connectivity index (χ3n) is 3.81. The van der Waals surface area contributed by atoms with Gasteiger partial charge in [-0.15, -0.1) is 0 Å². The summed E-state index contributed by atoms with van der Waals surface area (Å²) in [5.41, 5.74) is 3.10. The van der Waals surface area contributed by atoms with Crippen LogP contribution < -0.4 is 0 Å². The number of aliphatic hydroxyl groups is 1. The summed E-state index contributed by atoms with van der Waals surface area (Å²) in [6, 6.07) is 9.97. The van der Waals surface area contributed by atoms with Crippen molar-refractivity contribution in [1.82, 2.24) is 4.31 Å². The number of hydrogen-bond acceptors (Lipinski definition) is 2. The highest BCUT2D eigenvalue weighted by Crippen LogP contribution is 2.34. The molecule has 1 N–H and O–H groups in total. The van der Waals surface area contributed by atoms with Crippen LogP contribution in [0.5, 0.6) is 0 Å². The molecule has 1 unspecified atom stereocenters. The predicted octanol–water partition coefficient (Wildman–Crippen LogP) is 3.16. The van der Waals surface area contributed by atoms with Gasteiger partial charge in [0.15, 0.2) is 0 Å². The number of hydrogen-bond donors (Lipinski definition) is 1. The van der Waals surface area contributed by atoms with E-state index in [9.17, 15) is 9.32 Å². The van der Waals surface area contributed by atoms with Gasteiger partial charge in [-0.2, -0.15) is 0 Å². The number of rotatable bonds is 5. The molecule has 0 amide bonds. The van der Waals surface area contributed by atoms with E-state index < -0.39 is 11.0 Å². The van der Waals surface area contributed by atoms with Gasteiger partial charge in [0.1, 0.15) is 11.0 Å². The van der Waals surface area contributed by atoms with E-state index in [0.717, 1.165) is 16.7 Å². The molecule has 1 aliphatic heterocycles. The van der Waals surface area contributed by atoms with Crippen LogP contribution in [0.25, 0.3) is 5.57 Å². The molecule has 1 aromatic rings. The maximum atomic E-state index is 12.7. The van der Waals surface area contributed by atoms with Gasteiger partial charge in [0.05, 0.1) is 10.8 Å². The van der Waals surface area contributed by atoms with Crippen LogP contribution in [0.4, 0.5) is 0 Å². The average Bonchev–Trinajstić information content (AvgIpc) is 2.89. The normalized spacial score (nSPS) is 20.7. The molecule has 22 heavy (non-hydrogen) atoms. The molecule has 2 rings (SSSR count). The summed E-state index contributed by atoms with van der Waals surface area (Å²) in [5, 5.41) is 9.42. The van der Waals surface area contributed by atoms with Crippen molar-refractivity contribution >= 4 is 16.6 Å². The maximum Gasteiger partial charge on any atom is 0.101 e. The van der Waals surface area contributed by atoms with Gasteiger partial charge in [0, 0.05) is 13.2 Å². The average molecular weight is 319 g/mol. The lowest BCUT2D eigenvalue weighted by Gasteiger charge is -2.31. The first kappa shape index (κ1) is 17.1. The summed E-state index contributed by atoms with van der Waals surface area (Å²) in [6.45, 7) is 10.9. The SMILES string of the molecule is C=C(C1=CCN(S(=O)C(C)(C)C)[C@H]1CCO)c1ccccc1. The molecule has 120 valence electrons. The minimum absolute atomic E-state index is 0.0437. The molecule has 0 spiro atoms. The third kappa shape index (κ3) is 3.57. The van der Waals surface area contributed by atoms with Crippen molar-refractivity contribution < 1.29 is 9.32 Å². The lowest BCUT2D eigenvalue weighted by molar-refractivity contribution is 0.256. The molecule has 0 aromatic heterocycles. The summed E-state index contributed by atoms with van der Waals surface area (Å²) in [6.07, 6.45) is 2.67. The van der Waals surface area contributed by atoms with Crippen molar-refractivity contribution in [3.63, 3.8) is 0 Å². The topological polar surface area (TPSA) is 40.5 Å². The van der Waals surface area contributed by atoms with Crippen LogP contribution in [0.15, 0.2) is 48.6 Å². The third-order valence-corrected chi connectivity index (χ3v) is 5.69. The molecule has 2 atom stereocenters. The zero-order valence-corrected chi connectivity index (χ0v) is 14.4. The van der Waals surface area contributed by atoms with E-state index in [1.165, 1.54) is 0 Å². The Bertz CT molecular complexity index is 587. The quantitative estimate of drug-likeness (QED) is 0.905. The zero-order valence-electron chi connectivity index (χ0n) is 13.6. The van der Waals surface area contributed by atoms with Crippen molar-refractivity contribution in [2.75, 3.05) is 13.2 Å². The van der Waals surface area contributed by atoms with Crippen LogP contribution in [0, 0.1) is 0 Å². The van der Waals surface area contributed by atoms with Crippen LogP contribution in [0.1, 0.15) is 32.8 Å². The van der Waals surface area contributed by atoms with Gasteiger partial charge in [-0.25, -0.2) is 8.51 Å². The van der Waals surface area contributed by atoms with Crippen LogP contribution in [0.3, 0.4) is 0 Å². The Balaban J connectivity index is 2.26. The van der Waals surface area contributed by atoms with Gasteiger partial charge < -0.3 is 5.11 Å². The Morgan fingerprint density at radius 3 is 2.55 bits per heavy atom. The van der Waals surface area contributed by atoms with Gasteiger partial charge in [-0.05, 0) is 43.9 Å². The van der Waals surface area contributed by atoms with E-state index in [1.807, 2.05) is 55.4 Å². The molecule has 1 aromatic carbocycles. The van der Waals surface area contributed by atoms with E-state index in [0.29, 0.717) is 13.0 Å². The maximum absolute atomic E-state index is 12.7. The van der Waals surface area contributed by atoms with Crippen molar-refractivity contribution in [3.05, 3.63) is 54.1 Å². The Morgan fingerprint density at radius 1 is 1.36 bits per heavy atom. The monoisotopic (exact) mass is 319 g/mol. The van der Waals surface area contributed by atoms with E-state index >= 15 is 0 Å². The largest absolute Gasteiger partial charge is 0.396 e. The van der Waals surface area contributed by atoms with E-state index in [-0.39, 0.29) is 17.4 Å². The fourth-order valence-corrected chi connectivity index (χ4v) is 4.06. The summed E-state index contributed by atoms with van der Waals surface area (Å²) in [7, 11) is -1.11. The number of nitrogens with zero attached hydrogens (tertiary/aromatic N) is 1. The smallest absolute Gasteiger partial charge is 0.101 e. The minimum Gasteiger partial charge on any atom is -0.396 e. The molecule has 0 saturated heterocycles. The van der Waals surface area contributed by atoms with Crippen LogP contribution in [-0.2, 0) is 11.0 Å². The van der Waals surface area contributed by atoms with Crippen molar-refractivity contribution in [2.45, 2.75) is 38.0 Å². The zero-order chi connectivity index (χ0) is 16.3. The number of aliphatic hydroxyl groups excluding tert-OH is 1. The molecule has 0 radical (unpaired) electrons. The van der Waals surface area contributed by atoms with Gasteiger partial charge in [0.2, 0.25) is 0 Å². The fourth-order valence-electron chi connectivity index (χ4n) is 2.69. The molecule has 4 heteroatoms. The predicted molar refractivity (Wildman–Crippen MR) is 93.7 cm³/mol. The Morgan fingerprint density at radius 2 is 2.00 bits per heavy atom. The Labute approximate surface area is 135 Å². The van der Waals surface area contributed by atoms with Crippen molar-refractivity contribution in [1.29, 1.82) is 0 Å². The summed E-state index contributed by atoms with van der Waals surface area (Å²) >= 11 is 0. The lowest BCUT2D eigenvalue weighted by Crippen LogP contribution is -2.42. The molecule has 1 aliphatic rings. The van der Waals surface area contributed by atoms with Crippen LogP contribution in [0.2, 0.25) is 0 Å².